The van der Waals surface area contributed by atoms with Gasteiger partial charge in [0.25, 0.3) is 0 Å². The number of anilines is 2. The number of nitrogens with two attached hydrogens (primary N) is 1. The zero-order valence-corrected chi connectivity index (χ0v) is 9.62. The predicted molar refractivity (Wildman–Crippen MR) is 64.0 cm³/mol. The summed E-state index contributed by atoms with van der Waals surface area (Å²) in [6.45, 7) is 1.96. The summed E-state index contributed by atoms with van der Waals surface area (Å²) >= 11 is 6.06. The molecule has 0 aliphatic carbocycles. The minimum Gasteiger partial charge on any atom is -0.397 e. The van der Waals surface area contributed by atoms with E-state index in [4.69, 9.17) is 22.6 Å². The lowest BCUT2D eigenvalue weighted by Gasteiger charge is -2.27. The molecule has 0 bridgehead atoms. The van der Waals surface area contributed by atoms with Crippen LogP contribution >= 0.6 is 11.6 Å². The lowest BCUT2D eigenvalue weighted by Crippen LogP contribution is -2.29. The van der Waals surface area contributed by atoms with Gasteiger partial charge >= 0.3 is 0 Å². The lowest BCUT2D eigenvalue weighted by molar-refractivity contribution is 0.703. The Labute approximate surface area is 95.1 Å². The van der Waals surface area contributed by atoms with Gasteiger partial charge < -0.3 is 10.6 Å². The summed E-state index contributed by atoms with van der Waals surface area (Å²) < 4.78 is 0. The van der Waals surface area contributed by atoms with E-state index in [1.54, 1.807) is 12.1 Å². The van der Waals surface area contributed by atoms with Gasteiger partial charge in [0, 0.05) is 13.1 Å². The van der Waals surface area contributed by atoms with Crippen LogP contribution in [0.4, 0.5) is 11.4 Å². The summed E-state index contributed by atoms with van der Waals surface area (Å²) in [7, 11) is 1.89. The van der Waals surface area contributed by atoms with Crippen molar-refractivity contribution in [3.8, 4) is 6.07 Å². The molecule has 1 rings (SSSR count). The number of nitriles is 1. The van der Waals surface area contributed by atoms with Crippen LogP contribution in [-0.2, 0) is 0 Å². The molecule has 1 atom stereocenters. The second kappa shape index (κ2) is 4.90. The van der Waals surface area contributed by atoms with Crippen LogP contribution in [0.1, 0.15) is 13.3 Å². The summed E-state index contributed by atoms with van der Waals surface area (Å²) in [6.07, 6.45) is 0.446. The van der Waals surface area contributed by atoms with Gasteiger partial charge in [-0.1, -0.05) is 17.7 Å². The van der Waals surface area contributed by atoms with Crippen molar-refractivity contribution >= 4 is 23.0 Å². The lowest BCUT2D eigenvalue weighted by atomic mass is 10.2. The van der Waals surface area contributed by atoms with Crippen molar-refractivity contribution in [2.75, 3.05) is 17.7 Å². The highest BCUT2D eigenvalue weighted by Crippen LogP contribution is 2.32. The SMILES string of the molecule is CC(CC#N)N(C)c1c(N)cccc1Cl. The fourth-order valence-electron chi connectivity index (χ4n) is 1.39. The summed E-state index contributed by atoms with van der Waals surface area (Å²) in [4.78, 5) is 1.93. The molecule has 1 aromatic carbocycles. The van der Waals surface area contributed by atoms with Crippen LogP contribution in [0.15, 0.2) is 18.2 Å². The monoisotopic (exact) mass is 223 g/mol. The van der Waals surface area contributed by atoms with Crippen LogP contribution < -0.4 is 10.6 Å². The highest BCUT2D eigenvalue weighted by atomic mass is 35.5. The molecule has 1 aromatic rings. The van der Waals surface area contributed by atoms with Crippen molar-refractivity contribution in [1.82, 2.24) is 0 Å². The quantitative estimate of drug-likeness (QED) is 0.802. The molecule has 0 fully saturated rings. The van der Waals surface area contributed by atoms with Gasteiger partial charge in [0.15, 0.2) is 0 Å². The average Bonchev–Trinajstić information content (AvgIpc) is 2.17. The van der Waals surface area contributed by atoms with Crippen molar-refractivity contribution in [1.29, 1.82) is 5.26 Å². The summed E-state index contributed by atoms with van der Waals surface area (Å²) in [6, 6.07) is 7.63. The number of para-hydroxylation sites is 1. The Morgan fingerprint density at radius 1 is 1.60 bits per heavy atom. The fourth-order valence-corrected chi connectivity index (χ4v) is 1.71. The molecule has 0 spiro atoms. The van der Waals surface area contributed by atoms with Crippen LogP contribution in [0.2, 0.25) is 5.02 Å². The van der Waals surface area contributed by atoms with E-state index in [-0.39, 0.29) is 6.04 Å². The molecule has 1 unspecified atom stereocenters. The molecule has 4 heteroatoms. The Morgan fingerprint density at radius 2 is 2.27 bits per heavy atom. The number of nitrogens with zero attached hydrogens (tertiary/aromatic N) is 2. The van der Waals surface area contributed by atoms with E-state index < -0.39 is 0 Å². The number of benzene rings is 1. The Bertz CT molecular complexity index is 364. The Kier molecular flexibility index (Phi) is 3.81. The highest BCUT2D eigenvalue weighted by molar-refractivity contribution is 6.34. The van der Waals surface area contributed by atoms with Gasteiger partial charge in [-0.3, -0.25) is 0 Å². The number of hydrogen-bond acceptors (Lipinski definition) is 3. The minimum atomic E-state index is 0.0946. The maximum Gasteiger partial charge on any atom is 0.0789 e. The maximum absolute atomic E-state index is 8.63. The van der Waals surface area contributed by atoms with Gasteiger partial charge in [0.1, 0.15) is 0 Å². The van der Waals surface area contributed by atoms with Gasteiger partial charge in [0.2, 0.25) is 0 Å². The van der Waals surface area contributed by atoms with E-state index in [2.05, 4.69) is 6.07 Å². The van der Waals surface area contributed by atoms with E-state index in [1.165, 1.54) is 0 Å². The molecule has 0 heterocycles. The molecule has 3 nitrogen and oxygen atoms in total. The molecule has 0 aromatic heterocycles. The van der Waals surface area contributed by atoms with Crippen molar-refractivity contribution in [2.24, 2.45) is 0 Å². The molecular formula is C11H14ClN3. The van der Waals surface area contributed by atoms with Gasteiger partial charge in [0.05, 0.1) is 28.9 Å². The number of hydrogen-bond donors (Lipinski definition) is 1. The molecule has 0 aliphatic rings. The van der Waals surface area contributed by atoms with Crippen LogP contribution in [-0.4, -0.2) is 13.1 Å². The van der Waals surface area contributed by atoms with Crippen molar-refractivity contribution in [2.45, 2.75) is 19.4 Å². The molecule has 0 saturated heterocycles. The minimum absolute atomic E-state index is 0.0946. The smallest absolute Gasteiger partial charge is 0.0789 e. The number of halogens is 1. The molecular weight excluding hydrogens is 210 g/mol. The van der Waals surface area contributed by atoms with E-state index in [0.29, 0.717) is 17.1 Å². The first kappa shape index (κ1) is 11.7. The van der Waals surface area contributed by atoms with Gasteiger partial charge in [-0.15, -0.1) is 0 Å². The molecule has 0 saturated carbocycles. The predicted octanol–water partition coefficient (Wildman–Crippen LogP) is 2.66. The Hall–Kier alpha value is -1.40. The number of rotatable bonds is 3. The molecule has 80 valence electrons. The van der Waals surface area contributed by atoms with Crippen LogP contribution in [0, 0.1) is 11.3 Å². The molecule has 0 amide bonds. The fraction of sp³-hybridized carbons (Fsp3) is 0.364. The first-order valence-corrected chi connectivity index (χ1v) is 5.09. The van der Waals surface area contributed by atoms with Gasteiger partial charge in [-0.05, 0) is 19.1 Å². The second-order valence-electron chi connectivity index (χ2n) is 3.50. The van der Waals surface area contributed by atoms with Crippen molar-refractivity contribution in [3.63, 3.8) is 0 Å². The normalized spacial score (nSPS) is 11.9. The zero-order chi connectivity index (χ0) is 11.4. The summed E-state index contributed by atoms with van der Waals surface area (Å²) in [5.74, 6) is 0. The van der Waals surface area contributed by atoms with Crippen molar-refractivity contribution in [3.05, 3.63) is 23.2 Å². The summed E-state index contributed by atoms with van der Waals surface area (Å²) in [5, 5.41) is 9.24. The van der Waals surface area contributed by atoms with Gasteiger partial charge in [-0.2, -0.15) is 5.26 Å². The largest absolute Gasteiger partial charge is 0.397 e. The third kappa shape index (κ3) is 2.54. The molecule has 2 N–H and O–H groups in total. The standard InChI is InChI=1S/C11H14ClN3/c1-8(6-7-13)15(2)11-9(12)4-3-5-10(11)14/h3-5,8H,6,14H2,1-2H3. The first-order valence-electron chi connectivity index (χ1n) is 4.71. The second-order valence-corrected chi connectivity index (χ2v) is 3.91. The van der Waals surface area contributed by atoms with Crippen molar-refractivity contribution < 1.29 is 0 Å². The zero-order valence-electron chi connectivity index (χ0n) is 8.87. The average molecular weight is 224 g/mol. The molecule has 0 radical (unpaired) electrons. The topological polar surface area (TPSA) is 53.0 Å². The third-order valence-corrected chi connectivity index (χ3v) is 2.72. The first-order chi connectivity index (χ1) is 7.07. The highest BCUT2D eigenvalue weighted by Gasteiger charge is 2.14. The third-order valence-electron chi connectivity index (χ3n) is 2.42. The van der Waals surface area contributed by atoms with E-state index >= 15 is 0 Å². The summed E-state index contributed by atoms with van der Waals surface area (Å²) in [5.41, 5.74) is 7.27. The van der Waals surface area contributed by atoms with Crippen LogP contribution in [0.25, 0.3) is 0 Å². The van der Waals surface area contributed by atoms with E-state index in [9.17, 15) is 0 Å². The Morgan fingerprint density at radius 3 is 2.80 bits per heavy atom. The van der Waals surface area contributed by atoms with E-state index in [0.717, 1.165) is 5.69 Å². The van der Waals surface area contributed by atoms with E-state index in [1.807, 2.05) is 24.9 Å². The Balaban J connectivity index is 3.01. The maximum atomic E-state index is 8.63. The number of nitrogen functional groups attached to an aromatic ring is 1. The van der Waals surface area contributed by atoms with Crippen LogP contribution in [0.5, 0.6) is 0 Å². The van der Waals surface area contributed by atoms with Crippen LogP contribution in [0.3, 0.4) is 0 Å². The van der Waals surface area contributed by atoms with Gasteiger partial charge in [-0.25, -0.2) is 0 Å². The molecule has 0 aliphatic heterocycles. The molecule has 15 heavy (non-hydrogen) atoms.